The molecular formula is C23H28BrClN2O2S. The van der Waals surface area contributed by atoms with Gasteiger partial charge in [-0.1, -0.05) is 53.0 Å². The number of benzene rings is 2. The second-order valence-electron chi connectivity index (χ2n) is 7.02. The van der Waals surface area contributed by atoms with E-state index in [-0.39, 0.29) is 11.8 Å². The summed E-state index contributed by atoms with van der Waals surface area (Å²) in [6, 6.07) is 14.9. The molecule has 0 aliphatic rings. The molecule has 4 nitrogen and oxygen atoms in total. The molecule has 0 saturated heterocycles. The van der Waals surface area contributed by atoms with Gasteiger partial charge in [-0.15, -0.1) is 11.8 Å². The van der Waals surface area contributed by atoms with Crippen molar-refractivity contribution in [3.63, 3.8) is 0 Å². The van der Waals surface area contributed by atoms with Crippen molar-refractivity contribution < 1.29 is 9.59 Å². The van der Waals surface area contributed by atoms with Crippen LogP contribution in [-0.2, 0) is 16.1 Å². The van der Waals surface area contributed by atoms with Crippen molar-refractivity contribution in [1.82, 2.24) is 10.2 Å². The largest absolute Gasteiger partial charge is 0.354 e. The lowest BCUT2D eigenvalue weighted by atomic mass is 10.1. The van der Waals surface area contributed by atoms with Gasteiger partial charge in [0, 0.05) is 39.7 Å². The Morgan fingerprint density at radius 1 is 1.20 bits per heavy atom. The van der Waals surface area contributed by atoms with Crippen LogP contribution in [0.5, 0.6) is 0 Å². The predicted molar refractivity (Wildman–Crippen MR) is 129 cm³/mol. The van der Waals surface area contributed by atoms with Crippen molar-refractivity contribution in [2.45, 2.75) is 50.6 Å². The highest BCUT2D eigenvalue weighted by Gasteiger charge is 2.25. The fourth-order valence-corrected chi connectivity index (χ4v) is 4.29. The summed E-state index contributed by atoms with van der Waals surface area (Å²) in [7, 11) is 0. The third-order valence-electron chi connectivity index (χ3n) is 4.64. The van der Waals surface area contributed by atoms with Crippen LogP contribution >= 0.6 is 39.3 Å². The van der Waals surface area contributed by atoms with Gasteiger partial charge in [-0.2, -0.15) is 0 Å². The van der Waals surface area contributed by atoms with Crippen LogP contribution in [0.15, 0.2) is 57.9 Å². The Bertz CT molecular complexity index is 832. The quantitative estimate of drug-likeness (QED) is 0.301. The van der Waals surface area contributed by atoms with Gasteiger partial charge in [-0.05, 0) is 55.3 Å². The first-order valence-corrected chi connectivity index (χ1v) is 12.3. The molecule has 2 rings (SSSR count). The second-order valence-corrected chi connectivity index (χ2v) is 9.54. The molecule has 0 bridgehead atoms. The molecule has 0 aromatic heterocycles. The van der Waals surface area contributed by atoms with Gasteiger partial charge >= 0.3 is 0 Å². The molecule has 2 amide bonds. The zero-order valence-electron chi connectivity index (χ0n) is 17.4. The van der Waals surface area contributed by atoms with Crippen LogP contribution < -0.4 is 5.32 Å². The molecule has 1 atom stereocenters. The number of carbonyl (C=O) groups excluding carboxylic acids is 2. The topological polar surface area (TPSA) is 49.4 Å². The van der Waals surface area contributed by atoms with Crippen LogP contribution in [0.25, 0.3) is 0 Å². The summed E-state index contributed by atoms with van der Waals surface area (Å²) in [5.41, 5.74) is 0.983. The van der Waals surface area contributed by atoms with Crippen LogP contribution in [0.4, 0.5) is 0 Å². The van der Waals surface area contributed by atoms with E-state index in [9.17, 15) is 9.59 Å². The first-order chi connectivity index (χ1) is 14.4. The van der Waals surface area contributed by atoms with E-state index in [1.54, 1.807) is 23.6 Å². The predicted octanol–water partition coefficient (Wildman–Crippen LogP) is 5.92. The molecule has 7 heteroatoms. The third-order valence-corrected chi connectivity index (χ3v) is 6.40. The van der Waals surface area contributed by atoms with Crippen LogP contribution in [0.1, 0.15) is 38.7 Å². The molecule has 1 N–H and O–H groups in total. The van der Waals surface area contributed by atoms with Crippen LogP contribution in [0, 0.1) is 0 Å². The summed E-state index contributed by atoms with van der Waals surface area (Å²) in [6.45, 7) is 4.90. The molecule has 162 valence electrons. The zero-order valence-corrected chi connectivity index (χ0v) is 20.5. The van der Waals surface area contributed by atoms with E-state index in [4.69, 9.17) is 11.6 Å². The number of unbranched alkanes of at least 4 members (excludes halogenated alkanes) is 1. The molecule has 0 fully saturated rings. The fraction of sp³-hybridized carbons (Fsp3) is 0.391. The van der Waals surface area contributed by atoms with Crippen LogP contribution in [0.2, 0.25) is 5.02 Å². The number of nitrogens with zero attached hydrogens (tertiary/aromatic N) is 1. The Labute approximate surface area is 196 Å². The Balaban J connectivity index is 2.03. The highest BCUT2D eigenvalue weighted by molar-refractivity contribution is 9.10. The highest BCUT2D eigenvalue weighted by Crippen LogP contribution is 2.22. The maximum atomic E-state index is 13.1. The van der Waals surface area contributed by atoms with Gasteiger partial charge in [0.1, 0.15) is 6.04 Å². The molecule has 1 unspecified atom stereocenters. The van der Waals surface area contributed by atoms with Gasteiger partial charge in [0.15, 0.2) is 0 Å². The van der Waals surface area contributed by atoms with E-state index in [0.29, 0.717) is 30.3 Å². The van der Waals surface area contributed by atoms with Gasteiger partial charge in [-0.25, -0.2) is 0 Å². The fourth-order valence-electron chi connectivity index (χ4n) is 2.88. The number of thioether (sulfide) groups is 1. The monoisotopic (exact) mass is 510 g/mol. The number of carbonyl (C=O) groups is 2. The lowest BCUT2D eigenvalue weighted by Crippen LogP contribution is -2.47. The van der Waals surface area contributed by atoms with E-state index in [1.807, 2.05) is 48.5 Å². The number of hydrogen-bond donors (Lipinski definition) is 1. The molecule has 0 aliphatic carbocycles. The van der Waals surface area contributed by atoms with E-state index in [2.05, 4.69) is 28.2 Å². The smallest absolute Gasteiger partial charge is 0.242 e. The van der Waals surface area contributed by atoms with E-state index in [0.717, 1.165) is 27.8 Å². The van der Waals surface area contributed by atoms with Gasteiger partial charge in [0.2, 0.25) is 11.8 Å². The average Bonchev–Trinajstić information content (AvgIpc) is 2.73. The standard InChI is InChI=1S/C23H28BrClN2O2S/c1-3-4-13-26-23(29)17(2)27(16-18-6-5-7-19(24)15-18)22(28)12-14-30-21-10-8-20(25)9-11-21/h5-11,15,17H,3-4,12-14,16H2,1-2H3,(H,26,29). The highest BCUT2D eigenvalue weighted by atomic mass is 79.9. The van der Waals surface area contributed by atoms with Crippen molar-refractivity contribution in [1.29, 1.82) is 0 Å². The summed E-state index contributed by atoms with van der Waals surface area (Å²) >= 11 is 11.0. The molecule has 0 spiro atoms. The Morgan fingerprint density at radius 2 is 1.93 bits per heavy atom. The first-order valence-electron chi connectivity index (χ1n) is 10.1. The maximum Gasteiger partial charge on any atom is 0.242 e. The number of nitrogens with one attached hydrogen (secondary N) is 1. The second kappa shape index (κ2) is 13.0. The zero-order chi connectivity index (χ0) is 21.9. The third kappa shape index (κ3) is 8.32. The van der Waals surface area contributed by atoms with Crippen molar-refractivity contribution in [3.05, 3.63) is 63.6 Å². The minimum atomic E-state index is -0.533. The molecule has 2 aromatic rings. The summed E-state index contributed by atoms with van der Waals surface area (Å²) in [6.07, 6.45) is 2.29. The summed E-state index contributed by atoms with van der Waals surface area (Å²) in [5, 5.41) is 3.64. The summed E-state index contributed by atoms with van der Waals surface area (Å²) in [4.78, 5) is 28.4. The minimum Gasteiger partial charge on any atom is -0.354 e. The average molecular weight is 512 g/mol. The Kier molecular flexibility index (Phi) is 10.8. The molecule has 0 aliphatic heterocycles. The molecule has 0 radical (unpaired) electrons. The molecule has 0 heterocycles. The maximum absolute atomic E-state index is 13.1. The Hall–Kier alpha value is -1.50. The lowest BCUT2D eigenvalue weighted by Gasteiger charge is -2.29. The SMILES string of the molecule is CCCCNC(=O)C(C)N(Cc1cccc(Br)c1)C(=O)CCSc1ccc(Cl)cc1. The number of hydrogen-bond acceptors (Lipinski definition) is 3. The van der Waals surface area contributed by atoms with Crippen molar-refractivity contribution in [2.75, 3.05) is 12.3 Å². The van der Waals surface area contributed by atoms with Crippen molar-refractivity contribution in [2.24, 2.45) is 0 Å². The van der Waals surface area contributed by atoms with Crippen molar-refractivity contribution >= 4 is 51.1 Å². The number of rotatable bonds is 11. The normalized spacial score (nSPS) is 11.7. The van der Waals surface area contributed by atoms with Gasteiger partial charge in [0.05, 0.1) is 0 Å². The van der Waals surface area contributed by atoms with Gasteiger partial charge in [0.25, 0.3) is 0 Å². The first kappa shape index (κ1) is 24.8. The number of halogens is 2. The van der Waals surface area contributed by atoms with Gasteiger partial charge in [-0.3, -0.25) is 9.59 Å². The number of amides is 2. The van der Waals surface area contributed by atoms with E-state index in [1.165, 1.54) is 0 Å². The summed E-state index contributed by atoms with van der Waals surface area (Å²) in [5.74, 6) is 0.492. The van der Waals surface area contributed by atoms with E-state index < -0.39 is 6.04 Å². The Morgan fingerprint density at radius 3 is 2.60 bits per heavy atom. The van der Waals surface area contributed by atoms with Crippen LogP contribution in [0.3, 0.4) is 0 Å². The van der Waals surface area contributed by atoms with Crippen LogP contribution in [-0.4, -0.2) is 35.1 Å². The van der Waals surface area contributed by atoms with Gasteiger partial charge < -0.3 is 10.2 Å². The molecule has 30 heavy (non-hydrogen) atoms. The lowest BCUT2D eigenvalue weighted by molar-refractivity contribution is -0.140. The van der Waals surface area contributed by atoms with E-state index >= 15 is 0 Å². The minimum absolute atomic E-state index is 0.0328. The van der Waals surface area contributed by atoms with Crippen molar-refractivity contribution in [3.8, 4) is 0 Å². The molecule has 0 saturated carbocycles. The molecular weight excluding hydrogens is 484 g/mol. The summed E-state index contributed by atoms with van der Waals surface area (Å²) < 4.78 is 0.950. The molecule has 2 aromatic carbocycles.